The number of pyridine rings is 1. The van der Waals surface area contributed by atoms with Crippen LogP contribution in [-0.4, -0.2) is 65.8 Å². The highest BCUT2D eigenvalue weighted by Gasteiger charge is 2.23. The number of nitrogens with zero attached hydrogens (tertiary/aromatic N) is 6. The van der Waals surface area contributed by atoms with Crippen molar-refractivity contribution in [3.05, 3.63) is 47.0 Å². The van der Waals surface area contributed by atoms with Gasteiger partial charge in [-0.15, -0.1) is 0 Å². The Hall–Kier alpha value is -2.93. The Morgan fingerprint density at radius 1 is 0.969 bits per heavy atom. The van der Waals surface area contributed by atoms with Crippen LogP contribution in [0.5, 0.6) is 0 Å². The maximum Gasteiger partial charge on any atom is 0.264 e. The van der Waals surface area contributed by atoms with Crippen molar-refractivity contribution in [3.63, 3.8) is 0 Å². The number of likely N-dealkylation sites (N-methyl/N-ethyl adjacent to an activating group) is 1. The van der Waals surface area contributed by atoms with Gasteiger partial charge in [-0.25, -0.2) is 9.97 Å². The van der Waals surface area contributed by atoms with Crippen LogP contribution >= 0.6 is 0 Å². The van der Waals surface area contributed by atoms with Crippen LogP contribution in [0.1, 0.15) is 19.8 Å². The molecule has 0 spiro atoms. The van der Waals surface area contributed by atoms with Crippen LogP contribution in [0, 0.1) is 5.92 Å². The maximum atomic E-state index is 13.0. The second kappa shape index (κ2) is 8.54. The summed E-state index contributed by atoms with van der Waals surface area (Å²) in [6.45, 7) is 8.40. The van der Waals surface area contributed by atoms with E-state index >= 15 is 0 Å². The van der Waals surface area contributed by atoms with E-state index in [0.29, 0.717) is 11.3 Å². The highest BCUT2D eigenvalue weighted by Crippen LogP contribution is 2.31. The summed E-state index contributed by atoms with van der Waals surface area (Å²) in [7, 11) is 3.93. The molecule has 32 heavy (non-hydrogen) atoms. The van der Waals surface area contributed by atoms with E-state index in [0.717, 1.165) is 68.3 Å². The van der Waals surface area contributed by atoms with Crippen LogP contribution in [0.3, 0.4) is 0 Å². The molecule has 0 saturated carbocycles. The molecule has 0 N–H and O–H groups in total. The molecule has 1 aromatic carbocycles. The SMILES string of the molecule is CC1CCCN(c2nc(-c3ccc(N4CCN(C)CC4)cc3)cc3ncn(C)c(=O)c23)C1. The van der Waals surface area contributed by atoms with Crippen LogP contribution < -0.4 is 15.4 Å². The molecule has 3 aromatic rings. The van der Waals surface area contributed by atoms with Crippen LogP contribution in [0.15, 0.2) is 41.5 Å². The predicted molar refractivity (Wildman–Crippen MR) is 131 cm³/mol. The second-order valence-electron chi connectivity index (χ2n) is 9.42. The molecule has 2 aliphatic rings. The number of aryl methyl sites for hydroxylation is 1. The highest BCUT2D eigenvalue weighted by atomic mass is 16.1. The zero-order chi connectivity index (χ0) is 22.2. The fraction of sp³-hybridized carbons (Fsp3) is 0.480. The molecule has 2 fully saturated rings. The minimum Gasteiger partial charge on any atom is -0.369 e. The molecule has 0 radical (unpaired) electrons. The lowest BCUT2D eigenvalue weighted by molar-refractivity contribution is 0.313. The monoisotopic (exact) mass is 432 g/mol. The summed E-state index contributed by atoms with van der Waals surface area (Å²) in [4.78, 5) is 29.7. The van der Waals surface area contributed by atoms with E-state index in [1.165, 1.54) is 12.1 Å². The quantitative estimate of drug-likeness (QED) is 0.634. The number of anilines is 2. The molecule has 0 bridgehead atoms. The fourth-order valence-corrected chi connectivity index (χ4v) is 4.87. The largest absolute Gasteiger partial charge is 0.369 e. The van der Waals surface area contributed by atoms with E-state index in [4.69, 9.17) is 4.98 Å². The summed E-state index contributed by atoms with van der Waals surface area (Å²) in [5, 5.41) is 0.627. The van der Waals surface area contributed by atoms with Crippen molar-refractivity contribution in [1.82, 2.24) is 19.4 Å². The van der Waals surface area contributed by atoms with E-state index in [1.807, 2.05) is 6.07 Å². The molecule has 2 aromatic heterocycles. The standard InChI is InChI=1S/C25H32N6O/c1-18-5-4-10-31(16-18)24-23-22(26-17-29(3)25(23)32)15-21(27-24)19-6-8-20(9-7-19)30-13-11-28(2)12-14-30/h6-9,15,17-18H,4-5,10-14,16H2,1-3H3. The summed E-state index contributed by atoms with van der Waals surface area (Å²) >= 11 is 0. The molecular formula is C25H32N6O. The van der Waals surface area contributed by atoms with Gasteiger partial charge in [0, 0.05) is 57.6 Å². The lowest BCUT2D eigenvalue weighted by Crippen LogP contribution is -2.44. The normalized spacial score (nSPS) is 20.2. The first-order valence-electron chi connectivity index (χ1n) is 11.6. The third kappa shape index (κ3) is 3.97. The first kappa shape index (κ1) is 20.9. The lowest BCUT2D eigenvalue weighted by atomic mass is 10.00. The summed E-state index contributed by atoms with van der Waals surface area (Å²) < 4.78 is 1.55. The number of hydrogen-bond donors (Lipinski definition) is 0. The van der Waals surface area contributed by atoms with Gasteiger partial charge in [0.25, 0.3) is 5.56 Å². The molecule has 2 aliphatic heterocycles. The Bertz CT molecular complexity index is 1160. The van der Waals surface area contributed by atoms with Crippen LogP contribution in [0.25, 0.3) is 22.2 Å². The highest BCUT2D eigenvalue weighted by molar-refractivity contribution is 5.92. The summed E-state index contributed by atoms with van der Waals surface area (Å²) in [5.41, 5.74) is 3.86. The van der Waals surface area contributed by atoms with Gasteiger partial charge in [0.1, 0.15) is 11.2 Å². The number of fused-ring (bicyclic) bond motifs is 1. The lowest BCUT2D eigenvalue weighted by Gasteiger charge is -2.34. The topological polar surface area (TPSA) is 57.5 Å². The Morgan fingerprint density at radius 3 is 2.44 bits per heavy atom. The van der Waals surface area contributed by atoms with Gasteiger partial charge in [-0.1, -0.05) is 19.1 Å². The molecule has 0 aliphatic carbocycles. The predicted octanol–water partition coefficient (Wildman–Crippen LogP) is 2.98. The smallest absolute Gasteiger partial charge is 0.264 e. The number of piperazine rings is 1. The molecule has 5 rings (SSSR count). The Morgan fingerprint density at radius 2 is 1.72 bits per heavy atom. The van der Waals surface area contributed by atoms with Crippen molar-refractivity contribution in [2.24, 2.45) is 13.0 Å². The van der Waals surface area contributed by atoms with Gasteiger partial charge >= 0.3 is 0 Å². The van der Waals surface area contributed by atoms with Crippen LogP contribution in [0.4, 0.5) is 11.5 Å². The summed E-state index contributed by atoms with van der Waals surface area (Å²) in [6, 6.07) is 10.6. The summed E-state index contributed by atoms with van der Waals surface area (Å²) in [5.74, 6) is 1.37. The molecule has 168 valence electrons. The van der Waals surface area contributed by atoms with Gasteiger partial charge in [0.2, 0.25) is 0 Å². The number of piperidine rings is 1. The van der Waals surface area contributed by atoms with Crippen molar-refractivity contribution in [1.29, 1.82) is 0 Å². The zero-order valence-corrected chi connectivity index (χ0v) is 19.3. The Balaban J connectivity index is 1.54. The molecule has 1 atom stereocenters. The molecule has 2 saturated heterocycles. The van der Waals surface area contributed by atoms with Gasteiger partial charge in [0.15, 0.2) is 0 Å². The summed E-state index contributed by atoms with van der Waals surface area (Å²) in [6.07, 6.45) is 3.94. The first-order valence-corrected chi connectivity index (χ1v) is 11.6. The van der Waals surface area contributed by atoms with E-state index in [-0.39, 0.29) is 5.56 Å². The third-order valence-corrected chi connectivity index (χ3v) is 6.87. The van der Waals surface area contributed by atoms with E-state index in [2.05, 4.69) is 57.9 Å². The van der Waals surface area contributed by atoms with Crippen LogP contribution in [-0.2, 0) is 7.05 Å². The van der Waals surface area contributed by atoms with Crippen molar-refractivity contribution in [2.45, 2.75) is 19.8 Å². The van der Waals surface area contributed by atoms with E-state index in [1.54, 1.807) is 17.9 Å². The Kier molecular flexibility index (Phi) is 5.59. The number of hydrogen-bond acceptors (Lipinski definition) is 6. The van der Waals surface area contributed by atoms with Gasteiger partial charge in [-0.05, 0) is 44.0 Å². The third-order valence-electron chi connectivity index (χ3n) is 6.87. The average molecular weight is 433 g/mol. The number of benzene rings is 1. The molecule has 7 nitrogen and oxygen atoms in total. The molecular weight excluding hydrogens is 400 g/mol. The van der Waals surface area contributed by atoms with Crippen molar-refractivity contribution < 1.29 is 0 Å². The fourth-order valence-electron chi connectivity index (χ4n) is 4.87. The average Bonchev–Trinajstić information content (AvgIpc) is 2.81. The number of rotatable bonds is 3. The minimum atomic E-state index is -0.0345. The van der Waals surface area contributed by atoms with Gasteiger partial charge in [-0.3, -0.25) is 4.79 Å². The van der Waals surface area contributed by atoms with Crippen molar-refractivity contribution in [2.75, 3.05) is 56.1 Å². The molecule has 1 unspecified atom stereocenters. The Labute approximate surface area is 189 Å². The molecule has 0 amide bonds. The van der Waals surface area contributed by atoms with Crippen molar-refractivity contribution >= 4 is 22.4 Å². The second-order valence-corrected chi connectivity index (χ2v) is 9.42. The first-order chi connectivity index (χ1) is 15.5. The van der Waals surface area contributed by atoms with Crippen molar-refractivity contribution in [3.8, 4) is 11.3 Å². The number of aromatic nitrogens is 3. The van der Waals surface area contributed by atoms with Gasteiger partial charge in [0.05, 0.1) is 17.5 Å². The minimum absolute atomic E-state index is 0.0345. The maximum absolute atomic E-state index is 13.0. The van der Waals surface area contributed by atoms with Gasteiger partial charge < -0.3 is 19.3 Å². The zero-order valence-electron chi connectivity index (χ0n) is 19.3. The van der Waals surface area contributed by atoms with E-state index < -0.39 is 0 Å². The van der Waals surface area contributed by atoms with Crippen LogP contribution in [0.2, 0.25) is 0 Å². The molecule has 7 heteroatoms. The van der Waals surface area contributed by atoms with Gasteiger partial charge in [-0.2, -0.15) is 0 Å². The van der Waals surface area contributed by atoms with E-state index in [9.17, 15) is 4.79 Å². The molecule has 4 heterocycles.